The highest BCUT2D eigenvalue weighted by Gasteiger charge is 2.32. The molecular weight excluding hydrogens is 294 g/mol. The second kappa shape index (κ2) is 4.43. The van der Waals surface area contributed by atoms with Crippen molar-refractivity contribution in [1.82, 2.24) is 4.57 Å². The van der Waals surface area contributed by atoms with Crippen LogP contribution in [0.4, 0.5) is 0 Å². The summed E-state index contributed by atoms with van der Waals surface area (Å²) in [5.74, 6) is -0.808. The summed E-state index contributed by atoms with van der Waals surface area (Å²) < 4.78 is 3.05. The van der Waals surface area contributed by atoms with Gasteiger partial charge in [-0.3, -0.25) is 4.79 Å². The molecule has 1 aromatic carbocycles. The fourth-order valence-corrected chi connectivity index (χ4v) is 2.51. The summed E-state index contributed by atoms with van der Waals surface area (Å²) in [7, 11) is 0. The van der Waals surface area contributed by atoms with Crippen molar-refractivity contribution < 1.29 is 9.90 Å². The number of aryl methyl sites for hydroxylation is 1. The van der Waals surface area contributed by atoms with Crippen LogP contribution in [-0.4, -0.2) is 15.6 Å². The smallest absolute Gasteiger partial charge is 0.313 e. The lowest BCUT2D eigenvalue weighted by Gasteiger charge is -2.18. The average molecular weight is 310 g/mol. The van der Waals surface area contributed by atoms with Gasteiger partial charge in [0.15, 0.2) is 0 Å². The molecule has 96 valence electrons. The van der Waals surface area contributed by atoms with Crippen molar-refractivity contribution in [3.05, 3.63) is 34.4 Å². The molecule has 0 saturated heterocycles. The van der Waals surface area contributed by atoms with Crippen LogP contribution in [0.1, 0.15) is 26.3 Å². The number of carbonyl (C=O) groups is 1. The minimum absolute atomic E-state index is 0.808. The Kier molecular flexibility index (Phi) is 3.23. The first-order valence-corrected chi connectivity index (χ1v) is 6.69. The number of benzene rings is 1. The Labute approximate surface area is 115 Å². The molecule has 0 bridgehead atoms. The van der Waals surface area contributed by atoms with E-state index in [1.54, 1.807) is 13.8 Å². The Balaban J connectivity index is 2.79. The molecule has 18 heavy (non-hydrogen) atoms. The molecule has 3 nitrogen and oxygen atoms in total. The lowest BCUT2D eigenvalue weighted by Crippen LogP contribution is -2.28. The standard InChI is InChI=1S/C14H16BrNO2/c1-4-16-8-11(14(2,3)13(17)18)10-7-9(15)5-6-12(10)16/h5-8H,4H2,1-3H3,(H,17,18). The van der Waals surface area contributed by atoms with E-state index in [2.05, 4.69) is 27.4 Å². The van der Waals surface area contributed by atoms with E-state index in [-0.39, 0.29) is 0 Å². The van der Waals surface area contributed by atoms with Gasteiger partial charge in [-0.25, -0.2) is 0 Å². The molecular formula is C14H16BrNO2. The van der Waals surface area contributed by atoms with Crippen molar-refractivity contribution >= 4 is 32.8 Å². The first-order chi connectivity index (χ1) is 8.37. The van der Waals surface area contributed by atoms with Gasteiger partial charge in [-0.2, -0.15) is 0 Å². The molecule has 2 rings (SSSR count). The fourth-order valence-electron chi connectivity index (χ4n) is 2.14. The molecule has 2 aromatic rings. The lowest BCUT2D eigenvalue weighted by atomic mass is 9.85. The van der Waals surface area contributed by atoms with E-state index >= 15 is 0 Å². The van der Waals surface area contributed by atoms with Gasteiger partial charge < -0.3 is 9.67 Å². The van der Waals surface area contributed by atoms with E-state index in [9.17, 15) is 9.90 Å². The van der Waals surface area contributed by atoms with Crippen molar-refractivity contribution in [3.63, 3.8) is 0 Å². The Morgan fingerprint density at radius 2 is 2.11 bits per heavy atom. The number of halogens is 1. The summed E-state index contributed by atoms with van der Waals surface area (Å²) in [5, 5.41) is 10.4. The molecule has 0 spiro atoms. The van der Waals surface area contributed by atoms with Crippen LogP contribution in [0.3, 0.4) is 0 Å². The van der Waals surface area contributed by atoms with Gasteiger partial charge >= 0.3 is 5.97 Å². The van der Waals surface area contributed by atoms with E-state index < -0.39 is 11.4 Å². The number of fused-ring (bicyclic) bond motifs is 1. The van der Waals surface area contributed by atoms with Crippen LogP contribution in [0.15, 0.2) is 28.9 Å². The molecule has 4 heteroatoms. The number of hydrogen-bond acceptors (Lipinski definition) is 1. The Morgan fingerprint density at radius 3 is 2.67 bits per heavy atom. The number of aliphatic carboxylic acids is 1. The van der Waals surface area contributed by atoms with Crippen molar-refractivity contribution in [2.24, 2.45) is 0 Å². The van der Waals surface area contributed by atoms with Gasteiger partial charge in [0.05, 0.1) is 5.41 Å². The highest BCUT2D eigenvalue weighted by Crippen LogP contribution is 2.33. The maximum atomic E-state index is 11.4. The monoisotopic (exact) mass is 309 g/mol. The van der Waals surface area contributed by atoms with E-state index in [4.69, 9.17) is 0 Å². The van der Waals surface area contributed by atoms with Crippen LogP contribution in [0.25, 0.3) is 10.9 Å². The predicted octanol–water partition coefficient (Wildman–Crippen LogP) is 3.79. The summed E-state index contributed by atoms with van der Waals surface area (Å²) >= 11 is 3.44. The van der Waals surface area contributed by atoms with Gasteiger partial charge in [0.25, 0.3) is 0 Å². The minimum Gasteiger partial charge on any atom is -0.481 e. The quantitative estimate of drug-likeness (QED) is 0.937. The first kappa shape index (κ1) is 13.1. The maximum absolute atomic E-state index is 11.4. The second-order valence-electron chi connectivity index (χ2n) is 4.92. The summed E-state index contributed by atoms with van der Waals surface area (Å²) in [5.41, 5.74) is 1.04. The molecule has 0 fully saturated rings. The van der Waals surface area contributed by atoms with Crippen molar-refractivity contribution in [2.45, 2.75) is 32.7 Å². The number of hydrogen-bond donors (Lipinski definition) is 1. The number of nitrogens with zero attached hydrogens (tertiary/aromatic N) is 1. The van der Waals surface area contributed by atoms with E-state index in [1.165, 1.54) is 0 Å². The molecule has 0 radical (unpaired) electrons. The first-order valence-electron chi connectivity index (χ1n) is 5.90. The van der Waals surface area contributed by atoms with E-state index in [0.29, 0.717) is 0 Å². The fraction of sp³-hybridized carbons (Fsp3) is 0.357. The summed E-state index contributed by atoms with van der Waals surface area (Å²) in [6.07, 6.45) is 1.95. The second-order valence-corrected chi connectivity index (χ2v) is 5.84. The predicted molar refractivity (Wildman–Crippen MR) is 76.0 cm³/mol. The van der Waals surface area contributed by atoms with Gasteiger partial charge in [-0.15, -0.1) is 0 Å². The maximum Gasteiger partial charge on any atom is 0.313 e. The van der Waals surface area contributed by atoms with Gasteiger partial charge in [0, 0.05) is 28.1 Å². The van der Waals surface area contributed by atoms with Gasteiger partial charge in [0.2, 0.25) is 0 Å². The van der Waals surface area contributed by atoms with E-state index in [1.807, 2.05) is 24.4 Å². The highest BCUT2D eigenvalue weighted by atomic mass is 79.9. The number of carboxylic acid groups (broad SMARTS) is 1. The van der Waals surface area contributed by atoms with Gasteiger partial charge in [-0.05, 0) is 44.5 Å². The van der Waals surface area contributed by atoms with Crippen LogP contribution in [0.2, 0.25) is 0 Å². The molecule has 1 heterocycles. The zero-order chi connectivity index (χ0) is 13.5. The molecule has 0 unspecified atom stereocenters. The van der Waals surface area contributed by atoms with Gasteiger partial charge in [0.1, 0.15) is 0 Å². The third-order valence-electron chi connectivity index (χ3n) is 3.39. The number of rotatable bonds is 3. The highest BCUT2D eigenvalue weighted by molar-refractivity contribution is 9.10. The van der Waals surface area contributed by atoms with Crippen LogP contribution in [-0.2, 0) is 16.8 Å². The van der Waals surface area contributed by atoms with Crippen molar-refractivity contribution in [1.29, 1.82) is 0 Å². The molecule has 0 aliphatic heterocycles. The SMILES string of the molecule is CCn1cc(C(C)(C)C(=O)O)c2cc(Br)ccc21. The van der Waals surface area contributed by atoms with Crippen LogP contribution in [0.5, 0.6) is 0 Å². The third-order valence-corrected chi connectivity index (χ3v) is 3.89. The molecule has 1 N–H and O–H groups in total. The summed E-state index contributed by atoms with van der Waals surface area (Å²) in [6.45, 7) is 6.36. The zero-order valence-electron chi connectivity index (χ0n) is 10.7. The molecule has 0 aliphatic rings. The number of aromatic nitrogens is 1. The van der Waals surface area contributed by atoms with Crippen LogP contribution < -0.4 is 0 Å². The Hall–Kier alpha value is -1.29. The molecule has 0 amide bonds. The van der Waals surface area contributed by atoms with Crippen molar-refractivity contribution in [3.8, 4) is 0 Å². The molecule has 0 atom stereocenters. The largest absolute Gasteiger partial charge is 0.481 e. The molecule has 1 aromatic heterocycles. The normalized spacial score (nSPS) is 12.0. The average Bonchev–Trinajstić information content (AvgIpc) is 2.67. The summed E-state index contributed by atoms with van der Waals surface area (Å²) in [4.78, 5) is 11.4. The van der Waals surface area contributed by atoms with Crippen LogP contribution in [0, 0.1) is 0 Å². The number of carboxylic acids is 1. The third kappa shape index (κ3) is 1.94. The Morgan fingerprint density at radius 1 is 1.44 bits per heavy atom. The van der Waals surface area contributed by atoms with Gasteiger partial charge in [-0.1, -0.05) is 15.9 Å². The van der Waals surface area contributed by atoms with E-state index in [0.717, 1.165) is 27.5 Å². The molecule has 0 aliphatic carbocycles. The zero-order valence-corrected chi connectivity index (χ0v) is 12.3. The minimum atomic E-state index is -0.889. The lowest BCUT2D eigenvalue weighted by molar-refractivity contribution is -0.142. The van der Waals surface area contributed by atoms with Crippen molar-refractivity contribution in [2.75, 3.05) is 0 Å². The van der Waals surface area contributed by atoms with Crippen LogP contribution >= 0.6 is 15.9 Å². The molecule has 0 saturated carbocycles. The summed E-state index contributed by atoms with van der Waals surface area (Å²) in [6, 6.07) is 5.98. The Bertz CT molecular complexity index is 614. The topological polar surface area (TPSA) is 42.2 Å².